The van der Waals surface area contributed by atoms with Crippen molar-refractivity contribution in [2.75, 3.05) is 0 Å². The second-order valence-corrected chi connectivity index (χ2v) is 6.23. The zero-order valence-corrected chi connectivity index (χ0v) is 14.3. The molecular weight excluding hydrogens is 324 g/mol. The van der Waals surface area contributed by atoms with Crippen molar-refractivity contribution in [2.24, 2.45) is 5.73 Å². The Hall–Kier alpha value is -2.54. The number of rotatable bonds is 6. The fraction of sp³-hybridized carbons (Fsp3) is 0.235. The molecule has 0 atom stereocenters. The van der Waals surface area contributed by atoms with Gasteiger partial charge in [0.25, 0.3) is 0 Å². The number of hydrogen-bond donors (Lipinski definition) is 1. The summed E-state index contributed by atoms with van der Waals surface area (Å²) in [4.78, 5) is 11.1. The summed E-state index contributed by atoms with van der Waals surface area (Å²) in [6.45, 7) is 4.75. The third-order valence-corrected chi connectivity index (χ3v) is 4.78. The van der Waals surface area contributed by atoms with Crippen molar-refractivity contribution in [3.8, 4) is 11.4 Å². The van der Waals surface area contributed by atoms with Gasteiger partial charge in [-0.3, -0.25) is 4.79 Å². The summed E-state index contributed by atoms with van der Waals surface area (Å²) in [5.41, 5.74) is 7.82. The zero-order chi connectivity index (χ0) is 17.1. The first-order chi connectivity index (χ1) is 11.6. The van der Waals surface area contributed by atoms with Crippen LogP contribution in [0.4, 0.5) is 0 Å². The predicted octanol–water partition coefficient (Wildman–Crippen LogP) is 3.26. The minimum atomic E-state index is -0.417. The van der Waals surface area contributed by atoms with E-state index in [1.54, 1.807) is 30.2 Å². The molecule has 0 unspecified atom stereocenters. The Balaban J connectivity index is 1.77. The topological polar surface area (TPSA) is 86.9 Å². The van der Waals surface area contributed by atoms with Crippen molar-refractivity contribution in [2.45, 2.75) is 31.3 Å². The van der Waals surface area contributed by atoms with Crippen LogP contribution in [-0.4, -0.2) is 20.7 Å². The van der Waals surface area contributed by atoms with Gasteiger partial charge < -0.3 is 14.7 Å². The van der Waals surface area contributed by atoms with Crippen molar-refractivity contribution in [3.05, 3.63) is 53.5 Å². The Morgan fingerprint density at radius 1 is 1.25 bits per heavy atom. The van der Waals surface area contributed by atoms with Crippen molar-refractivity contribution >= 4 is 17.7 Å². The van der Waals surface area contributed by atoms with Gasteiger partial charge in [-0.2, -0.15) is 0 Å². The third kappa shape index (κ3) is 3.21. The van der Waals surface area contributed by atoms with E-state index in [0.29, 0.717) is 5.56 Å². The highest BCUT2D eigenvalue weighted by atomic mass is 32.2. The van der Waals surface area contributed by atoms with Gasteiger partial charge >= 0.3 is 0 Å². The lowest BCUT2D eigenvalue weighted by atomic mass is 10.1. The van der Waals surface area contributed by atoms with Crippen molar-refractivity contribution in [1.82, 2.24) is 14.8 Å². The maximum absolute atomic E-state index is 11.1. The van der Waals surface area contributed by atoms with E-state index in [0.717, 1.165) is 40.2 Å². The summed E-state index contributed by atoms with van der Waals surface area (Å²) in [5.74, 6) is 1.97. The normalized spacial score (nSPS) is 10.9. The number of furan rings is 1. The van der Waals surface area contributed by atoms with Crippen LogP contribution in [0.2, 0.25) is 0 Å². The number of hydrogen-bond acceptors (Lipinski definition) is 5. The Morgan fingerprint density at radius 3 is 2.58 bits per heavy atom. The van der Waals surface area contributed by atoms with Gasteiger partial charge in [0.1, 0.15) is 5.76 Å². The number of aryl methyl sites for hydroxylation is 1. The second kappa shape index (κ2) is 6.92. The second-order valence-electron chi connectivity index (χ2n) is 5.29. The number of carbonyl (C=O) groups excluding carboxylic acids is 1. The van der Waals surface area contributed by atoms with E-state index in [9.17, 15) is 4.79 Å². The molecule has 6 nitrogen and oxygen atoms in total. The van der Waals surface area contributed by atoms with Crippen LogP contribution in [0.3, 0.4) is 0 Å². The largest absolute Gasteiger partial charge is 0.469 e. The van der Waals surface area contributed by atoms with Crippen LogP contribution in [0, 0.1) is 6.92 Å². The predicted molar refractivity (Wildman–Crippen MR) is 92.7 cm³/mol. The molecule has 0 aliphatic heterocycles. The Labute approximate surface area is 144 Å². The van der Waals surface area contributed by atoms with E-state index in [1.165, 1.54) is 0 Å². The highest BCUT2D eigenvalue weighted by Gasteiger charge is 2.16. The number of carbonyl (C=O) groups is 1. The van der Waals surface area contributed by atoms with Gasteiger partial charge in [0.2, 0.25) is 5.91 Å². The molecule has 0 fully saturated rings. The summed E-state index contributed by atoms with van der Waals surface area (Å²) in [6, 6.07) is 9.19. The van der Waals surface area contributed by atoms with Crippen molar-refractivity contribution < 1.29 is 9.21 Å². The number of nitrogens with two attached hydrogens (primary N) is 1. The molecule has 0 radical (unpaired) electrons. The molecule has 2 aromatic heterocycles. The number of amides is 1. The summed E-state index contributed by atoms with van der Waals surface area (Å²) in [6.07, 6.45) is 1.66. The monoisotopic (exact) mass is 342 g/mol. The molecule has 0 aliphatic rings. The molecule has 24 heavy (non-hydrogen) atoms. The average Bonchev–Trinajstić information content (AvgIpc) is 3.18. The Morgan fingerprint density at radius 2 is 2.00 bits per heavy atom. The van der Waals surface area contributed by atoms with E-state index in [-0.39, 0.29) is 0 Å². The summed E-state index contributed by atoms with van der Waals surface area (Å²) >= 11 is 1.61. The zero-order valence-electron chi connectivity index (χ0n) is 13.5. The van der Waals surface area contributed by atoms with Crippen LogP contribution >= 0.6 is 11.8 Å². The minimum Gasteiger partial charge on any atom is -0.469 e. The molecule has 0 spiro atoms. The van der Waals surface area contributed by atoms with Gasteiger partial charge in [-0.15, -0.1) is 10.2 Å². The number of thioether (sulfide) groups is 1. The first-order valence-electron chi connectivity index (χ1n) is 7.59. The first kappa shape index (κ1) is 16.3. The van der Waals surface area contributed by atoms with Gasteiger partial charge in [0.15, 0.2) is 11.0 Å². The van der Waals surface area contributed by atoms with Crippen LogP contribution in [0.5, 0.6) is 0 Å². The molecule has 0 saturated carbocycles. The molecule has 2 heterocycles. The minimum absolute atomic E-state index is 0.417. The molecule has 3 aromatic rings. The molecule has 0 aliphatic carbocycles. The lowest BCUT2D eigenvalue weighted by molar-refractivity contribution is 0.100. The molecule has 1 aromatic carbocycles. The van der Waals surface area contributed by atoms with Crippen LogP contribution < -0.4 is 5.73 Å². The number of aromatic nitrogens is 3. The maximum atomic E-state index is 11.1. The third-order valence-electron chi connectivity index (χ3n) is 3.74. The van der Waals surface area contributed by atoms with E-state index < -0.39 is 5.91 Å². The molecule has 0 bridgehead atoms. The van der Waals surface area contributed by atoms with Gasteiger partial charge in [0, 0.05) is 17.9 Å². The first-order valence-corrected chi connectivity index (χ1v) is 8.58. The van der Waals surface area contributed by atoms with E-state index in [1.807, 2.05) is 25.1 Å². The summed E-state index contributed by atoms with van der Waals surface area (Å²) in [7, 11) is 0. The van der Waals surface area contributed by atoms with Gasteiger partial charge in [-0.1, -0.05) is 23.9 Å². The van der Waals surface area contributed by atoms with E-state index in [2.05, 4.69) is 21.7 Å². The van der Waals surface area contributed by atoms with Crippen LogP contribution in [-0.2, 0) is 12.3 Å². The molecule has 124 valence electrons. The molecular formula is C17H18N4O2S. The van der Waals surface area contributed by atoms with Crippen LogP contribution in [0.1, 0.15) is 28.6 Å². The lowest BCUT2D eigenvalue weighted by Crippen LogP contribution is -2.10. The van der Waals surface area contributed by atoms with Crippen LogP contribution in [0.15, 0.2) is 46.2 Å². The SMILES string of the molecule is CCn1c(SCc2ccc(C(N)=O)cc2)nnc1-c1ccoc1C. The maximum Gasteiger partial charge on any atom is 0.248 e. The van der Waals surface area contributed by atoms with E-state index >= 15 is 0 Å². The molecule has 7 heteroatoms. The average molecular weight is 342 g/mol. The molecule has 2 N–H and O–H groups in total. The molecule has 0 saturated heterocycles. The Kier molecular flexibility index (Phi) is 4.71. The fourth-order valence-electron chi connectivity index (χ4n) is 2.41. The summed E-state index contributed by atoms with van der Waals surface area (Å²) < 4.78 is 7.43. The van der Waals surface area contributed by atoms with Crippen LogP contribution in [0.25, 0.3) is 11.4 Å². The number of benzene rings is 1. The summed E-state index contributed by atoms with van der Waals surface area (Å²) in [5, 5.41) is 9.47. The van der Waals surface area contributed by atoms with E-state index in [4.69, 9.17) is 10.2 Å². The van der Waals surface area contributed by atoms with Gasteiger partial charge in [0.05, 0.1) is 11.8 Å². The quantitative estimate of drug-likeness (QED) is 0.695. The molecule has 3 rings (SSSR count). The van der Waals surface area contributed by atoms with Gasteiger partial charge in [-0.05, 0) is 37.6 Å². The lowest BCUT2D eigenvalue weighted by Gasteiger charge is -2.07. The fourth-order valence-corrected chi connectivity index (χ4v) is 3.37. The molecule has 1 amide bonds. The highest BCUT2D eigenvalue weighted by Crippen LogP contribution is 2.28. The van der Waals surface area contributed by atoms with Crippen molar-refractivity contribution in [1.29, 1.82) is 0 Å². The highest BCUT2D eigenvalue weighted by molar-refractivity contribution is 7.98. The smallest absolute Gasteiger partial charge is 0.248 e. The number of nitrogens with zero attached hydrogens (tertiary/aromatic N) is 3. The number of primary amides is 1. The van der Waals surface area contributed by atoms with Crippen molar-refractivity contribution in [3.63, 3.8) is 0 Å². The Bertz CT molecular complexity index is 852. The van der Waals surface area contributed by atoms with Gasteiger partial charge in [-0.25, -0.2) is 0 Å². The standard InChI is InChI=1S/C17H18N4O2S/c1-3-21-16(14-8-9-23-11(14)2)19-20-17(21)24-10-12-4-6-13(7-5-12)15(18)22/h4-9H,3,10H2,1-2H3,(H2,18,22).